The smallest absolute Gasteiger partial charge is 0.233 e. The number of likely N-dealkylation sites (tertiary alicyclic amines) is 1. The summed E-state index contributed by atoms with van der Waals surface area (Å²) < 4.78 is 0. The van der Waals surface area contributed by atoms with E-state index in [1.807, 2.05) is 24.3 Å². The third-order valence-electron chi connectivity index (χ3n) is 5.80. The fraction of sp³-hybridized carbons (Fsp3) is 0.591. The number of hydrogen-bond acceptors (Lipinski definition) is 3. The largest absolute Gasteiger partial charge is 0.326 e. The molecule has 2 atom stereocenters. The number of rotatable bonds is 8. The van der Waals surface area contributed by atoms with Gasteiger partial charge in [0.1, 0.15) is 0 Å². The predicted molar refractivity (Wildman–Crippen MR) is 105 cm³/mol. The molecule has 1 saturated carbocycles. The quantitative estimate of drug-likeness (QED) is 0.557. The third-order valence-corrected chi connectivity index (χ3v) is 5.80. The Morgan fingerprint density at radius 1 is 1.04 bits per heavy atom. The standard InChI is InChI=1S/C22H30N2O3/c1-2-3-4-7-16-10-12-17(13-11-16)23-20(25)14-15-24-21(26)18-8-5-6-9-19(18)22(24)27/h10-13,18-19H,2-9,14-15H2,1H3,(H,23,25). The minimum absolute atomic E-state index is 0.0751. The Balaban J connectivity index is 1.47. The maximum atomic E-state index is 12.4. The van der Waals surface area contributed by atoms with E-state index in [0.29, 0.717) is 0 Å². The van der Waals surface area contributed by atoms with Crippen molar-refractivity contribution in [2.45, 2.75) is 64.7 Å². The molecule has 3 amide bonds. The first-order valence-electron chi connectivity index (χ1n) is 10.3. The van der Waals surface area contributed by atoms with E-state index in [4.69, 9.17) is 0 Å². The number of fused-ring (bicyclic) bond motifs is 1. The van der Waals surface area contributed by atoms with Crippen molar-refractivity contribution in [2.75, 3.05) is 11.9 Å². The maximum Gasteiger partial charge on any atom is 0.233 e. The summed E-state index contributed by atoms with van der Waals surface area (Å²) in [4.78, 5) is 38.4. The van der Waals surface area contributed by atoms with Gasteiger partial charge in [0.25, 0.3) is 0 Å². The summed E-state index contributed by atoms with van der Waals surface area (Å²) in [7, 11) is 0. The summed E-state index contributed by atoms with van der Waals surface area (Å²) in [5, 5.41) is 2.86. The molecule has 27 heavy (non-hydrogen) atoms. The Hall–Kier alpha value is -2.17. The number of carbonyl (C=O) groups is 3. The number of imide groups is 1. The zero-order valence-corrected chi connectivity index (χ0v) is 16.2. The second-order valence-corrected chi connectivity index (χ2v) is 7.78. The first-order chi connectivity index (χ1) is 13.1. The van der Waals surface area contributed by atoms with Gasteiger partial charge in [-0.2, -0.15) is 0 Å². The molecule has 2 fully saturated rings. The first kappa shape index (κ1) is 19.6. The molecular weight excluding hydrogens is 340 g/mol. The summed E-state index contributed by atoms with van der Waals surface area (Å²) in [6.45, 7) is 2.38. The van der Waals surface area contributed by atoms with E-state index in [2.05, 4.69) is 12.2 Å². The molecule has 1 heterocycles. The van der Waals surface area contributed by atoms with Crippen molar-refractivity contribution in [3.8, 4) is 0 Å². The summed E-state index contributed by atoms with van der Waals surface area (Å²) >= 11 is 0. The van der Waals surface area contributed by atoms with Crippen molar-refractivity contribution in [3.05, 3.63) is 29.8 Å². The zero-order valence-electron chi connectivity index (χ0n) is 16.2. The zero-order chi connectivity index (χ0) is 19.2. The Labute approximate surface area is 161 Å². The lowest BCUT2D eigenvalue weighted by Gasteiger charge is -2.19. The molecule has 5 heteroatoms. The van der Waals surface area contributed by atoms with Crippen molar-refractivity contribution < 1.29 is 14.4 Å². The number of unbranched alkanes of at least 4 members (excludes halogenated alkanes) is 2. The fourth-order valence-corrected chi connectivity index (χ4v) is 4.22. The van der Waals surface area contributed by atoms with Crippen LogP contribution >= 0.6 is 0 Å². The lowest BCUT2D eigenvalue weighted by atomic mass is 9.81. The maximum absolute atomic E-state index is 12.4. The van der Waals surface area contributed by atoms with Crippen LogP contribution in [0.3, 0.4) is 0 Å². The molecule has 1 aromatic carbocycles. The number of nitrogens with zero attached hydrogens (tertiary/aromatic N) is 1. The molecule has 2 aliphatic rings. The molecule has 0 spiro atoms. The van der Waals surface area contributed by atoms with Gasteiger partial charge in [0, 0.05) is 18.7 Å². The van der Waals surface area contributed by atoms with Crippen LogP contribution in [0, 0.1) is 11.8 Å². The highest BCUT2D eigenvalue weighted by molar-refractivity contribution is 6.05. The van der Waals surface area contributed by atoms with Crippen molar-refractivity contribution in [3.63, 3.8) is 0 Å². The fourth-order valence-electron chi connectivity index (χ4n) is 4.22. The SMILES string of the molecule is CCCCCc1ccc(NC(=O)CCN2C(=O)C3CCCCC3C2=O)cc1. The van der Waals surface area contributed by atoms with Crippen molar-refractivity contribution in [1.82, 2.24) is 4.90 Å². The molecular formula is C22H30N2O3. The predicted octanol–water partition coefficient (Wildman–Crippen LogP) is 3.92. The minimum Gasteiger partial charge on any atom is -0.326 e. The lowest BCUT2D eigenvalue weighted by molar-refractivity contribution is -0.140. The van der Waals surface area contributed by atoms with Gasteiger partial charge in [-0.3, -0.25) is 19.3 Å². The van der Waals surface area contributed by atoms with Gasteiger partial charge in [0.05, 0.1) is 11.8 Å². The average molecular weight is 370 g/mol. The molecule has 1 saturated heterocycles. The first-order valence-corrected chi connectivity index (χ1v) is 10.3. The van der Waals surface area contributed by atoms with Crippen molar-refractivity contribution >= 4 is 23.4 Å². The van der Waals surface area contributed by atoms with Gasteiger partial charge in [0.15, 0.2) is 0 Å². The highest BCUT2D eigenvalue weighted by Gasteiger charge is 2.47. The van der Waals surface area contributed by atoms with E-state index in [-0.39, 0.29) is 42.5 Å². The van der Waals surface area contributed by atoms with Crippen LogP contribution in [0.4, 0.5) is 5.69 Å². The Morgan fingerprint density at radius 2 is 1.67 bits per heavy atom. The van der Waals surface area contributed by atoms with E-state index >= 15 is 0 Å². The number of aryl methyl sites for hydroxylation is 1. The Morgan fingerprint density at radius 3 is 2.26 bits per heavy atom. The second kappa shape index (κ2) is 9.16. The van der Waals surface area contributed by atoms with Crippen LogP contribution in [0.2, 0.25) is 0 Å². The van der Waals surface area contributed by atoms with Crippen LogP contribution in [0.1, 0.15) is 63.9 Å². The number of benzene rings is 1. The van der Waals surface area contributed by atoms with Crippen molar-refractivity contribution in [1.29, 1.82) is 0 Å². The summed E-state index contributed by atoms with van der Waals surface area (Å²) in [6.07, 6.45) is 8.48. The number of amides is 3. The molecule has 0 bridgehead atoms. The van der Waals surface area contributed by atoms with Crippen LogP contribution in [-0.2, 0) is 20.8 Å². The Bertz CT molecular complexity index is 659. The molecule has 3 rings (SSSR count). The van der Waals surface area contributed by atoms with Crippen molar-refractivity contribution in [2.24, 2.45) is 11.8 Å². The van der Waals surface area contributed by atoms with Gasteiger partial charge in [-0.25, -0.2) is 0 Å². The number of carbonyl (C=O) groups excluding carboxylic acids is 3. The van der Waals surface area contributed by atoms with E-state index in [1.165, 1.54) is 29.7 Å². The van der Waals surface area contributed by atoms with Crippen LogP contribution in [0.5, 0.6) is 0 Å². The number of nitrogens with one attached hydrogen (secondary N) is 1. The molecule has 1 aliphatic carbocycles. The molecule has 1 aliphatic heterocycles. The normalized spacial score (nSPS) is 22.0. The van der Waals surface area contributed by atoms with E-state index in [1.54, 1.807) is 0 Å². The van der Waals surface area contributed by atoms with E-state index < -0.39 is 0 Å². The summed E-state index contributed by atoms with van der Waals surface area (Å²) in [5.41, 5.74) is 2.03. The van der Waals surface area contributed by atoms with Gasteiger partial charge < -0.3 is 5.32 Å². The van der Waals surface area contributed by atoms with Crippen LogP contribution in [0.15, 0.2) is 24.3 Å². The summed E-state index contributed by atoms with van der Waals surface area (Å²) in [5.74, 6) is -0.601. The van der Waals surface area contributed by atoms with Gasteiger partial charge in [-0.15, -0.1) is 0 Å². The molecule has 146 valence electrons. The average Bonchev–Trinajstić information content (AvgIpc) is 2.92. The second-order valence-electron chi connectivity index (χ2n) is 7.78. The highest BCUT2D eigenvalue weighted by Crippen LogP contribution is 2.37. The van der Waals surface area contributed by atoms with Crippen LogP contribution in [0.25, 0.3) is 0 Å². The van der Waals surface area contributed by atoms with E-state index in [9.17, 15) is 14.4 Å². The molecule has 5 nitrogen and oxygen atoms in total. The topological polar surface area (TPSA) is 66.5 Å². The van der Waals surface area contributed by atoms with Gasteiger partial charge in [-0.1, -0.05) is 44.7 Å². The lowest BCUT2D eigenvalue weighted by Crippen LogP contribution is -2.34. The molecule has 2 unspecified atom stereocenters. The van der Waals surface area contributed by atoms with E-state index in [0.717, 1.165) is 37.8 Å². The highest BCUT2D eigenvalue weighted by atomic mass is 16.2. The number of anilines is 1. The monoisotopic (exact) mass is 370 g/mol. The molecule has 0 aromatic heterocycles. The molecule has 1 N–H and O–H groups in total. The number of hydrogen-bond donors (Lipinski definition) is 1. The molecule has 1 aromatic rings. The summed E-state index contributed by atoms with van der Waals surface area (Å²) in [6, 6.07) is 7.92. The van der Waals surface area contributed by atoms with Crippen LogP contribution in [-0.4, -0.2) is 29.2 Å². The third kappa shape index (κ3) is 4.76. The van der Waals surface area contributed by atoms with Gasteiger partial charge in [0.2, 0.25) is 17.7 Å². The van der Waals surface area contributed by atoms with Crippen LogP contribution < -0.4 is 5.32 Å². The Kier molecular flexibility index (Phi) is 6.64. The minimum atomic E-state index is -0.163. The van der Waals surface area contributed by atoms with Gasteiger partial charge >= 0.3 is 0 Å². The van der Waals surface area contributed by atoms with Gasteiger partial charge in [-0.05, 0) is 43.4 Å². The molecule has 0 radical (unpaired) electrons.